The molecule has 3 heterocycles. The first kappa shape index (κ1) is 22.7. The summed E-state index contributed by atoms with van der Waals surface area (Å²) in [5.74, 6) is 0.928. The highest BCUT2D eigenvalue weighted by atomic mass is 19.4. The molecular formula is C27H33F3N2O. The molecule has 0 radical (unpaired) electrons. The first-order valence-electron chi connectivity index (χ1n) is 12.4. The topological polar surface area (TPSA) is 15.7 Å². The lowest BCUT2D eigenvalue weighted by atomic mass is 9.81. The van der Waals surface area contributed by atoms with E-state index in [9.17, 15) is 13.2 Å². The minimum Gasteiger partial charge on any atom is -0.493 e. The fourth-order valence-corrected chi connectivity index (χ4v) is 5.90. The standard InChI is InChI=1S/C27H33F3N2O/c28-27(29,30)21-12-10-20(11-13-21)23-19-32-17-5-8-24(32)22-7-4-9-25(26(22)23)33-18-6-16-31-14-2-1-3-15-31/h4,7,9-13,23-24H,1-3,5-6,8,14-19H2/t23-,24+/m1/s1. The van der Waals surface area contributed by atoms with Crippen molar-refractivity contribution in [1.29, 1.82) is 0 Å². The molecule has 2 atom stereocenters. The Kier molecular flexibility index (Phi) is 6.66. The molecule has 178 valence electrons. The van der Waals surface area contributed by atoms with Gasteiger partial charge in [-0.05, 0) is 81.1 Å². The van der Waals surface area contributed by atoms with E-state index in [1.54, 1.807) is 12.1 Å². The van der Waals surface area contributed by atoms with E-state index in [1.165, 1.54) is 55.6 Å². The lowest BCUT2D eigenvalue weighted by molar-refractivity contribution is -0.137. The van der Waals surface area contributed by atoms with Crippen molar-refractivity contribution < 1.29 is 17.9 Å². The molecule has 2 saturated heterocycles. The minimum absolute atomic E-state index is 0.0231. The van der Waals surface area contributed by atoms with Gasteiger partial charge in [-0.2, -0.15) is 13.2 Å². The molecule has 0 amide bonds. The molecule has 0 aromatic heterocycles. The first-order chi connectivity index (χ1) is 16.0. The SMILES string of the molecule is FC(F)(F)c1ccc([C@H]2CN3CCC[C@H]3c3cccc(OCCCN4CCCCC4)c32)cc1. The Labute approximate surface area is 194 Å². The molecular weight excluding hydrogens is 425 g/mol. The van der Waals surface area contributed by atoms with Gasteiger partial charge in [0.1, 0.15) is 5.75 Å². The lowest BCUT2D eigenvalue weighted by Crippen LogP contribution is -2.35. The number of nitrogens with zero attached hydrogens (tertiary/aromatic N) is 2. The number of fused-ring (bicyclic) bond motifs is 3. The van der Waals surface area contributed by atoms with Gasteiger partial charge in [0.2, 0.25) is 0 Å². The zero-order valence-corrected chi connectivity index (χ0v) is 19.1. The zero-order chi connectivity index (χ0) is 22.8. The number of benzene rings is 2. The summed E-state index contributed by atoms with van der Waals surface area (Å²) in [7, 11) is 0. The van der Waals surface area contributed by atoms with Crippen molar-refractivity contribution in [3.8, 4) is 5.75 Å². The fraction of sp³-hybridized carbons (Fsp3) is 0.556. The summed E-state index contributed by atoms with van der Waals surface area (Å²) in [6, 6.07) is 12.4. The van der Waals surface area contributed by atoms with E-state index in [1.807, 2.05) is 6.07 Å². The second kappa shape index (κ2) is 9.67. The summed E-state index contributed by atoms with van der Waals surface area (Å²) >= 11 is 0. The van der Waals surface area contributed by atoms with Gasteiger partial charge in [-0.25, -0.2) is 0 Å². The van der Waals surface area contributed by atoms with Crippen LogP contribution in [0.3, 0.4) is 0 Å². The Morgan fingerprint density at radius 3 is 2.45 bits per heavy atom. The number of alkyl halides is 3. The van der Waals surface area contributed by atoms with E-state index in [-0.39, 0.29) is 5.92 Å². The van der Waals surface area contributed by atoms with E-state index in [2.05, 4.69) is 21.9 Å². The van der Waals surface area contributed by atoms with Crippen LogP contribution >= 0.6 is 0 Å². The number of hydrogen-bond donors (Lipinski definition) is 0. The van der Waals surface area contributed by atoms with E-state index < -0.39 is 11.7 Å². The molecule has 6 heteroatoms. The Bertz CT molecular complexity index is 937. The maximum atomic E-state index is 13.1. The lowest BCUT2D eigenvalue weighted by Gasteiger charge is -2.38. The van der Waals surface area contributed by atoms with Crippen molar-refractivity contribution in [2.24, 2.45) is 0 Å². The Morgan fingerprint density at radius 1 is 0.909 bits per heavy atom. The molecule has 0 unspecified atom stereocenters. The van der Waals surface area contributed by atoms with Gasteiger partial charge < -0.3 is 9.64 Å². The molecule has 2 aromatic carbocycles. The van der Waals surface area contributed by atoms with E-state index >= 15 is 0 Å². The maximum absolute atomic E-state index is 13.1. The molecule has 3 aliphatic heterocycles. The quantitative estimate of drug-likeness (QED) is 0.477. The van der Waals surface area contributed by atoms with Crippen molar-refractivity contribution in [2.75, 3.05) is 39.3 Å². The highest BCUT2D eigenvalue weighted by Crippen LogP contribution is 2.47. The van der Waals surface area contributed by atoms with Gasteiger partial charge >= 0.3 is 6.18 Å². The van der Waals surface area contributed by atoms with Crippen LogP contribution in [0.25, 0.3) is 0 Å². The monoisotopic (exact) mass is 458 g/mol. The summed E-state index contributed by atoms with van der Waals surface area (Å²) < 4.78 is 45.7. The van der Waals surface area contributed by atoms with Crippen molar-refractivity contribution in [1.82, 2.24) is 9.80 Å². The van der Waals surface area contributed by atoms with Crippen LogP contribution in [-0.2, 0) is 6.18 Å². The molecule has 0 N–H and O–H groups in total. The number of rotatable bonds is 6. The van der Waals surface area contributed by atoms with Crippen LogP contribution < -0.4 is 4.74 Å². The fourth-order valence-electron chi connectivity index (χ4n) is 5.90. The van der Waals surface area contributed by atoms with Gasteiger partial charge in [0.05, 0.1) is 12.2 Å². The van der Waals surface area contributed by atoms with Gasteiger partial charge in [0.15, 0.2) is 0 Å². The average molecular weight is 459 g/mol. The van der Waals surface area contributed by atoms with Gasteiger partial charge in [-0.15, -0.1) is 0 Å². The number of halogens is 3. The second-order valence-corrected chi connectivity index (χ2v) is 9.69. The normalized spacial score (nSPS) is 23.8. The Balaban J connectivity index is 1.37. The third-order valence-electron chi connectivity index (χ3n) is 7.55. The molecule has 2 aromatic rings. The van der Waals surface area contributed by atoms with Crippen molar-refractivity contribution in [3.05, 3.63) is 64.7 Å². The first-order valence-corrected chi connectivity index (χ1v) is 12.4. The average Bonchev–Trinajstić information content (AvgIpc) is 3.31. The molecule has 3 aliphatic rings. The van der Waals surface area contributed by atoms with Crippen LogP contribution in [0.2, 0.25) is 0 Å². The van der Waals surface area contributed by atoms with Crippen molar-refractivity contribution in [2.45, 2.75) is 56.7 Å². The number of hydrogen-bond acceptors (Lipinski definition) is 3. The van der Waals surface area contributed by atoms with Crippen LogP contribution in [0, 0.1) is 0 Å². The van der Waals surface area contributed by atoms with Gasteiger partial charge in [-0.1, -0.05) is 30.7 Å². The summed E-state index contributed by atoms with van der Waals surface area (Å²) in [5, 5.41) is 0. The number of piperidine rings is 1. The van der Waals surface area contributed by atoms with Crippen molar-refractivity contribution >= 4 is 0 Å². The van der Waals surface area contributed by atoms with Gasteiger partial charge in [0.25, 0.3) is 0 Å². The summed E-state index contributed by atoms with van der Waals surface area (Å²) in [6.07, 6.45) is 2.89. The van der Waals surface area contributed by atoms with Crippen LogP contribution in [0.15, 0.2) is 42.5 Å². The Hall–Kier alpha value is -2.05. The van der Waals surface area contributed by atoms with Gasteiger partial charge in [-0.3, -0.25) is 4.90 Å². The molecule has 0 bridgehead atoms. The smallest absolute Gasteiger partial charge is 0.416 e. The van der Waals surface area contributed by atoms with Crippen LogP contribution in [0.4, 0.5) is 13.2 Å². The van der Waals surface area contributed by atoms with Crippen LogP contribution in [0.5, 0.6) is 5.75 Å². The van der Waals surface area contributed by atoms with E-state index in [0.717, 1.165) is 50.2 Å². The molecule has 0 spiro atoms. The van der Waals surface area contributed by atoms with Crippen LogP contribution in [0.1, 0.15) is 72.7 Å². The predicted octanol–water partition coefficient (Wildman–Crippen LogP) is 6.24. The molecule has 3 nitrogen and oxygen atoms in total. The van der Waals surface area contributed by atoms with Gasteiger partial charge in [0, 0.05) is 30.6 Å². The molecule has 0 aliphatic carbocycles. The predicted molar refractivity (Wildman–Crippen MR) is 124 cm³/mol. The molecule has 5 rings (SSSR count). The molecule has 0 saturated carbocycles. The number of ether oxygens (including phenoxy) is 1. The van der Waals surface area contributed by atoms with E-state index in [0.29, 0.717) is 12.6 Å². The zero-order valence-electron chi connectivity index (χ0n) is 19.1. The summed E-state index contributed by atoms with van der Waals surface area (Å²) in [4.78, 5) is 5.01. The minimum atomic E-state index is -4.31. The number of likely N-dealkylation sites (tertiary alicyclic amines) is 1. The van der Waals surface area contributed by atoms with Crippen LogP contribution in [-0.4, -0.2) is 49.1 Å². The molecule has 33 heavy (non-hydrogen) atoms. The largest absolute Gasteiger partial charge is 0.493 e. The molecule has 2 fully saturated rings. The van der Waals surface area contributed by atoms with Crippen molar-refractivity contribution in [3.63, 3.8) is 0 Å². The third-order valence-corrected chi connectivity index (χ3v) is 7.55. The highest BCUT2D eigenvalue weighted by Gasteiger charge is 2.38. The summed E-state index contributed by atoms with van der Waals surface area (Å²) in [6.45, 7) is 5.98. The summed E-state index contributed by atoms with van der Waals surface area (Å²) in [5.41, 5.74) is 2.80. The maximum Gasteiger partial charge on any atom is 0.416 e. The Morgan fingerprint density at radius 2 is 1.70 bits per heavy atom. The highest BCUT2D eigenvalue weighted by molar-refractivity contribution is 5.51. The third kappa shape index (κ3) is 4.92. The van der Waals surface area contributed by atoms with E-state index in [4.69, 9.17) is 4.74 Å². The second-order valence-electron chi connectivity index (χ2n) is 9.69.